The number of hydrogen-bond acceptors (Lipinski definition) is 4. The molecule has 0 bridgehead atoms. The van der Waals surface area contributed by atoms with Gasteiger partial charge in [0.1, 0.15) is 5.75 Å². The van der Waals surface area contributed by atoms with E-state index in [0.717, 1.165) is 5.56 Å². The Kier molecular flexibility index (Phi) is 5.46. The van der Waals surface area contributed by atoms with Crippen molar-refractivity contribution in [2.45, 2.75) is 17.9 Å². The van der Waals surface area contributed by atoms with Crippen molar-refractivity contribution in [1.29, 1.82) is 0 Å². The van der Waals surface area contributed by atoms with Gasteiger partial charge in [0.25, 0.3) is 0 Å². The van der Waals surface area contributed by atoms with Crippen LogP contribution >= 0.6 is 0 Å². The van der Waals surface area contributed by atoms with Gasteiger partial charge in [-0.05, 0) is 25.1 Å². The van der Waals surface area contributed by atoms with Gasteiger partial charge in [0.15, 0.2) is 0 Å². The van der Waals surface area contributed by atoms with Crippen molar-refractivity contribution in [1.82, 2.24) is 4.31 Å². The summed E-state index contributed by atoms with van der Waals surface area (Å²) in [6.45, 7) is 2.43. The van der Waals surface area contributed by atoms with Crippen LogP contribution in [0.4, 0.5) is 0 Å². The molecule has 0 fully saturated rings. The third-order valence-corrected chi connectivity index (χ3v) is 6.47. The van der Waals surface area contributed by atoms with Crippen LogP contribution in [0, 0.1) is 12.8 Å². The highest BCUT2D eigenvalue weighted by molar-refractivity contribution is 7.89. The van der Waals surface area contributed by atoms with E-state index in [-0.39, 0.29) is 17.4 Å². The summed E-state index contributed by atoms with van der Waals surface area (Å²) >= 11 is 0. The first kappa shape index (κ1) is 18.6. The molecule has 0 unspecified atom stereocenters. The number of aliphatic hydroxyl groups is 1. The second-order valence-electron chi connectivity index (χ2n) is 6.41. The van der Waals surface area contributed by atoms with E-state index in [4.69, 9.17) is 4.74 Å². The van der Waals surface area contributed by atoms with Crippen molar-refractivity contribution < 1.29 is 18.3 Å². The number of nitrogens with zero attached hydrogens (tertiary/aromatic N) is 1. The SMILES string of the molecule is COc1ccccc1[C@H](O)[C@H]1C=CCN(S(=O)(=O)c2ccc(C)cc2)C1. The third-order valence-electron chi connectivity index (χ3n) is 4.63. The van der Waals surface area contributed by atoms with Crippen LogP contribution in [-0.2, 0) is 10.0 Å². The van der Waals surface area contributed by atoms with E-state index in [1.807, 2.05) is 25.1 Å². The van der Waals surface area contributed by atoms with Gasteiger partial charge in [-0.25, -0.2) is 8.42 Å². The Balaban J connectivity index is 1.84. The summed E-state index contributed by atoms with van der Waals surface area (Å²) in [4.78, 5) is 0.268. The summed E-state index contributed by atoms with van der Waals surface area (Å²) in [5.74, 6) is 0.243. The smallest absolute Gasteiger partial charge is 0.243 e. The number of para-hydroxylation sites is 1. The molecule has 1 N–H and O–H groups in total. The first-order valence-electron chi connectivity index (χ1n) is 8.48. The quantitative estimate of drug-likeness (QED) is 0.819. The third kappa shape index (κ3) is 3.67. The number of methoxy groups -OCH3 is 1. The maximum absolute atomic E-state index is 12.9. The Bertz CT molecular complexity index is 890. The van der Waals surface area contributed by atoms with Crippen LogP contribution < -0.4 is 4.74 Å². The van der Waals surface area contributed by atoms with Crippen LogP contribution in [0.15, 0.2) is 65.6 Å². The number of benzene rings is 2. The van der Waals surface area contributed by atoms with Gasteiger partial charge in [-0.1, -0.05) is 48.0 Å². The Morgan fingerprint density at radius 2 is 1.85 bits per heavy atom. The lowest BCUT2D eigenvalue weighted by atomic mass is 9.93. The van der Waals surface area contributed by atoms with Gasteiger partial charge >= 0.3 is 0 Å². The maximum Gasteiger partial charge on any atom is 0.243 e. The molecule has 138 valence electrons. The minimum atomic E-state index is -3.60. The second-order valence-corrected chi connectivity index (χ2v) is 8.35. The lowest BCUT2D eigenvalue weighted by Crippen LogP contribution is -2.39. The van der Waals surface area contributed by atoms with Crippen molar-refractivity contribution >= 4 is 10.0 Å². The Morgan fingerprint density at radius 1 is 1.15 bits per heavy atom. The molecule has 1 heterocycles. The predicted molar refractivity (Wildman–Crippen MR) is 101 cm³/mol. The number of aliphatic hydroxyl groups excluding tert-OH is 1. The van der Waals surface area contributed by atoms with Gasteiger partial charge < -0.3 is 9.84 Å². The van der Waals surface area contributed by atoms with Crippen molar-refractivity contribution in [2.24, 2.45) is 5.92 Å². The highest BCUT2D eigenvalue weighted by atomic mass is 32.2. The first-order valence-corrected chi connectivity index (χ1v) is 9.92. The number of aryl methyl sites for hydroxylation is 1. The molecule has 0 spiro atoms. The Hall–Kier alpha value is -2.15. The molecule has 1 aliphatic rings. The number of sulfonamides is 1. The molecule has 0 aromatic heterocycles. The largest absolute Gasteiger partial charge is 0.496 e. The van der Waals surface area contributed by atoms with E-state index in [9.17, 15) is 13.5 Å². The number of rotatable bonds is 5. The highest BCUT2D eigenvalue weighted by Crippen LogP contribution is 2.33. The zero-order valence-corrected chi connectivity index (χ0v) is 15.7. The molecule has 26 heavy (non-hydrogen) atoms. The molecule has 0 aliphatic carbocycles. The van der Waals surface area contributed by atoms with Gasteiger partial charge in [-0.2, -0.15) is 4.31 Å². The van der Waals surface area contributed by atoms with Crippen LogP contribution in [0.1, 0.15) is 17.2 Å². The van der Waals surface area contributed by atoms with E-state index < -0.39 is 16.1 Å². The normalized spacial score (nSPS) is 19.3. The van der Waals surface area contributed by atoms with Gasteiger partial charge in [0.05, 0.1) is 18.1 Å². The summed E-state index contributed by atoms with van der Waals surface area (Å²) in [5, 5.41) is 10.8. The van der Waals surface area contributed by atoms with Crippen LogP contribution in [0.25, 0.3) is 0 Å². The van der Waals surface area contributed by atoms with Gasteiger partial charge in [-0.15, -0.1) is 0 Å². The molecule has 0 radical (unpaired) electrons. The van der Waals surface area contributed by atoms with Crippen LogP contribution in [0.3, 0.4) is 0 Å². The van der Waals surface area contributed by atoms with Gasteiger partial charge in [0.2, 0.25) is 10.0 Å². The molecule has 2 atom stereocenters. The van der Waals surface area contributed by atoms with E-state index in [1.165, 1.54) is 4.31 Å². The molecular formula is C20H23NO4S. The summed E-state index contributed by atoms with van der Waals surface area (Å²) in [7, 11) is -2.05. The van der Waals surface area contributed by atoms with E-state index in [0.29, 0.717) is 17.9 Å². The summed E-state index contributed by atoms with van der Waals surface area (Å²) in [6, 6.07) is 14.1. The fourth-order valence-corrected chi connectivity index (χ4v) is 4.55. The molecule has 2 aromatic rings. The minimum Gasteiger partial charge on any atom is -0.496 e. The molecule has 0 amide bonds. The van der Waals surface area contributed by atoms with Crippen molar-refractivity contribution in [2.75, 3.05) is 20.2 Å². The molecule has 0 saturated heterocycles. The standard InChI is InChI=1S/C20H23NO4S/c1-15-9-11-17(12-10-15)26(23,24)21-13-5-6-16(14-21)20(22)18-7-3-4-8-19(18)25-2/h3-12,16,20,22H,13-14H2,1-2H3/t16-,20+/m0/s1. The van der Waals surface area contributed by atoms with Crippen LogP contribution in [0.2, 0.25) is 0 Å². The minimum absolute atomic E-state index is 0.214. The predicted octanol–water partition coefficient (Wildman–Crippen LogP) is 2.91. The number of ether oxygens (including phenoxy) is 1. The molecule has 3 rings (SSSR count). The molecule has 2 aromatic carbocycles. The molecular weight excluding hydrogens is 350 g/mol. The van der Waals surface area contributed by atoms with Gasteiger partial charge in [-0.3, -0.25) is 0 Å². The molecule has 0 saturated carbocycles. The van der Waals surface area contributed by atoms with E-state index >= 15 is 0 Å². The van der Waals surface area contributed by atoms with Crippen LogP contribution in [-0.4, -0.2) is 38.0 Å². The lowest BCUT2D eigenvalue weighted by molar-refractivity contribution is 0.114. The van der Waals surface area contributed by atoms with Gasteiger partial charge in [0, 0.05) is 24.6 Å². The monoisotopic (exact) mass is 373 g/mol. The highest BCUT2D eigenvalue weighted by Gasteiger charge is 2.32. The summed E-state index contributed by atoms with van der Waals surface area (Å²) in [6.07, 6.45) is 2.81. The zero-order valence-electron chi connectivity index (χ0n) is 14.9. The molecule has 1 aliphatic heterocycles. The number of hydrogen-bond donors (Lipinski definition) is 1. The second kappa shape index (κ2) is 7.61. The lowest BCUT2D eigenvalue weighted by Gasteiger charge is -2.31. The van der Waals surface area contributed by atoms with E-state index in [1.54, 1.807) is 49.6 Å². The van der Waals surface area contributed by atoms with Crippen LogP contribution in [0.5, 0.6) is 5.75 Å². The van der Waals surface area contributed by atoms with Crippen molar-refractivity contribution in [3.05, 3.63) is 71.8 Å². The van der Waals surface area contributed by atoms with Crippen molar-refractivity contribution in [3.8, 4) is 5.75 Å². The fourth-order valence-electron chi connectivity index (χ4n) is 3.13. The van der Waals surface area contributed by atoms with E-state index in [2.05, 4.69) is 0 Å². The average molecular weight is 373 g/mol. The topological polar surface area (TPSA) is 66.8 Å². The zero-order chi connectivity index (χ0) is 18.7. The molecule has 5 nitrogen and oxygen atoms in total. The molecule has 6 heteroatoms. The Morgan fingerprint density at radius 3 is 2.54 bits per heavy atom. The average Bonchev–Trinajstić information content (AvgIpc) is 2.68. The van der Waals surface area contributed by atoms with Crippen molar-refractivity contribution in [3.63, 3.8) is 0 Å². The maximum atomic E-state index is 12.9. The first-order chi connectivity index (χ1) is 12.4. The summed E-state index contributed by atoms with van der Waals surface area (Å²) < 4.78 is 32.5. The summed E-state index contributed by atoms with van der Waals surface area (Å²) in [5.41, 5.74) is 1.66. The fraction of sp³-hybridized carbons (Fsp3) is 0.300. The Labute approximate surface area is 154 Å².